The van der Waals surface area contributed by atoms with E-state index in [1.807, 2.05) is 31.2 Å². The predicted molar refractivity (Wildman–Crippen MR) is 67.5 cm³/mol. The second-order valence-electron chi connectivity index (χ2n) is 4.30. The zero-order chi connectivity index (χ0) is 12.8. The van der Waals surface area contributed by atoms with Gasteiger partial charge in [-0.2, -0.15) is 0 Å². The Bertz CT molecular complexity index is 343. The molecule has 0 saturated carbocycles. The van der Waals surface area contributed by atoms with Gasteiger partial charge < -0.3 is 19.3 Å². The van der Waals surface area contributed by atoms with Gasteiger partial charge in [0.25, 0.3) is 0 Å². The van der Waals surface area contributed by atoms with Crippen molar-refractivity contribution >= 4 is 0 Å². The van der Waals surface area contributed by atoms with Gasteiger partial charge in [0.2, 0.25) is 0 Å². The van der Waals surface area contributed by atoms with Crippen LogP contribution in [0.25, 0.3) is 0 Å². The van der Waals surface area contributed by atoms with Crippen molar-refractivity contribution in [2.45, 2.75) is 32.2 Å². The SMILES string of the molecule is CCC(O)c1ccc(OCCC2OCCO2)cc1. The predicted octanol–water partition coefficient (Wildman–Crippen LogP) is 2.27. The van der Waals surface area contributed by atoms with E-state index in [2.05, 4.69) is 0 Å². The maximum absolute atomic E-state index is 9.67. The molecule has 100 valence electrons. The molecule has 0 aromatic heterocycles. The van der Waals surface area contributed by atoms with Crippen LogP contribution in [0.5, 0.6) is 5.75 Å². The molecular formula is C14H20O4. The van der Waals surface area contributed by atoms with Crippen LogP contribution in [-0.2, 0) is 9.47 Å². The lowest BCUT2D eigenvalue weighted by atomic mass is 10.1. The average molecular weight is 252 g/mol. The topological polar surface area (TPSA) is 47.9 Å². The molecule has 4 heteroatoms. The fourth-order valence-corrected chi connectivity index (χ4v) is 1.87. The molecule has 1 aromatic rings. The van der Waals surface area contributed by atoms with E-state index < -0.39 is 0 Å². The van der Waals surface area contributed by atoms with Crippen molar-refractivity contribution in [3.8, 4) is 5.75 Å². The maximum atomic E-state index is 9.67. The summed E-state index contributed by atoms with van der Waals surface area (Å²) in [6.07, 6.45) is 0.945. The van der Waals surface area contributed by atoms with Crippen LogP contribution in [0, 0.1) is 0 Å². The molecule has 0 aliphatic carbocycles. The van der Waals surface area contributed by atoms with E-state index in [0.29, 0.717) is 19.8 Å². The fraction of sp³-hybridized carbons (Fsp3) is 0.571. The van der Waals surface area contributed by atoms with Gasteiger partial charge >= 0.3 is 0 Å². The Labute approximate surface area is 107 Å². The lowest BCUT2D eigenvalue weighted by Gasteiger charge is -2.12. The van der Waals surface area contributed by atoms with Crippen LogP contribution < -0.4 is 4.74 Å². The summed E-state index contributed by atoms with van der Waals surface area (Å²) in [5.41, 5.74) is 0.923. The van der Waals surface area contributed by atoms with Gasteiger partial charge in [0.1, 0.15) is 5.75 Å². The summed E-state index contributed by atoms with van der Waals surface area (Å²) < 4.78 is 16.2. The number of hydrogen-bond acceptors (Lipinski definition) is 4. The van der Waals surface area contributed by atoms with E-state index in [-0.39, 0.29) is 12.4 Å². The van der Waals surface area contributed by atoms with Gasteiger partial charge in [-0.25, -0.2) is 0 Å². The second-order valence-corrected chi connectivity index (χ2v) is 4.30. The molecular weight excluding hydrogens is 232 g/mol. The quantitative estimate of drug-likeness (QED) is 0.843. The highest BCUT2D eigenvalue weighted by atomic mass is 16.7. The average Bonchev–Trinajstić information content (AvgIpc) is 2.92. The van der Waals surface area contributed by atoms with Crippen molar-refractivity contribution in [1.82, 2.24) is 0 Å². The summed E-state index contributed by atoms with van der Waals surface area (Å²) in [5, 5.41) is 9.67. The van der Waals surface area contributed by atoms with E-state index in [1.165, 1.54) is 0 Å². The van der Waals surface area contributed by atoms with Gasteiger partial charge in [-0.3, -0.25) is 0 Å². The van der Waals surface area contributed by atoms with E-state index in [9.17, 15) is 5.11 Å². The number of aliphatic hydroxyl groups is 1. The lowest BCUT2D eigenvalue weighted by molar-refractivity contribution is -0.0531. The lowest BCUT2D eigenvalue weighted by Crippen LogP contribution is -2.12. The summed E-state index contributed by atoms with van der Waals surface area (Å²) in [5.74, 6) is 0.806. The number of ether oxygens (including phenoxy) is 3. The molecule has 0 radical (unpaired) electrons. The van der Waals surface area contributed by atoms with E-state index in [1.54, 1.807) is 0 Å². The van der Waals surface area contributed by atoms with Gasteiger partial charge in [0.05, 0.1) is 25.9 Å². The van der Waals surface area contributed by atoms with Crippen LogP contribution in [0.3, 0.4) is 0 Å². The van der Waals surface area contributed by atoms with Gasteiger partial charge in [0.15, 0.2) is 6.29 Å². The first-order chi connectivity index (χ1) is 8.79. The van der Waals surface area contributed by atoms with Crippen molar-refractivity contribution in [2.24, 2.45) is 0 Å². The molecule has 4 nitrogen and oxygen atoms in total. The van der Waals surface area contributed by atoms with Crippen LogP contribution in [0.4, 0.5) is 0 Å². The van der Waals surface area contributed by atoms with Crippen molar-refractivity contribution in [3.63, 3.8) is 0 Å². The Morgan fingerprint density at radius 2 is 1.94 bits per heavy atom. The van der Waals surface area contributed by atoms with Crippen LogP contribution in [-0.4, -0.2) is 31.2 Å². The van der Waals surface area contributed by atoms with Crippen molar-refractivity contribution in [1.29, 1.82) is 0 Å². The van der Waals surface area contributed by atoms with Gasteiger partial charge in [-0.15, -0.1) is 0 Å². The van der Waals surface area contributed by atoms with Crippen LogP contribution in [0.2, 0.25) is 0 Å². The first kappa shape index (κ1) is 13.3. The molecule has 1 N–H and O–H groups in total. The maximum Gasteiger partial charge on any atom is 0.161 e. The third-order valence-electron chi connectivity index (χ3n) is 2.96. The Morgan fingerprint density at radius 1 is 1.28 bits per heavy atom. The molecule has 1 aromatic carbocycles. The monoisotopic (exact) mass is 252 g/mol. The molecule has 0 bridgehead atoms. The Hall–Kier alpha value is -1.10. The Morgan fingerprint density at radius 3 is 2.56 bits per heavy atom. The van der Waals surface area contributed by atoms with Gasteiger partial charge in [0, 0.05) is 6.42 Å². The van der Waals surface area contributed by atoms with Crippen molar-refractivity contribution < 1.29 is 19.3 Å². The highest BCUT2D eigenvalue weighted by Crippen LogP contribution is 2.20. The first-order valence-electron chi connectivity index (χ1n) is 6.43. The molecule has 1 aliphatic rings. The fourth-order valence-electron chi connectivity index (χ4n) is 1.87. The summed E-state index contributed by atoms with van der Waals surface area (Å²) in [6, 6.07) is 7.55. The van der Waals surface area contributed by atoms with E-state index in [0.717, 1.165) is 24.2 Å². The third-order valence-corrected chi connectivity index (χ3v) is 2.96. The number of benzene rings is 1. The molecule has 0 amide bonds. The zero-order valence-corrected chi connectivity index (χ0v) is 10.7. The molecule has 18 heavy (non-hydrogen) atoms. The van der Waals surface area contributed by atoms with Crippen LogP contribution in [0.15, 0.2) is 24.3 Å². The minimum Gasteiger partial charge on any atom is -0.493 e. The van der Waals surface area contributed by atoms with Crippen molar-refractivity contribution in [3.05, 3.63) is 29.8 Å². The number of hydrogen-bond donors (Lipinski definition) is 1. The normalized spacial score (nSPS) is 17.9. The molecule has 1 fully saturated rings. The van der Waals surface area contributed by atoms with E-state index >= 15 is 0 Å². The Kier molecular flexibility index (Phi) is 4.99. The summed E-state index contributed by atoms with van der Waals surface area (Å²) in [7, 11) is 0. The van der Waals surface area contributed by atoms with Crippen LogP contribution in [0.1, 0.15) is 31.4 Å². The Balaban J connectivity index is 1.75. The number of aliphatic hydroxyl groups excluding tert-OH is 1. The molecule has 1 unspecified atom stereocenters. The smallest absolute Gasteiger partial charge is 0.161 e. The molecule has 1 saturated heterocycles. The molecule has 1 aliphatic heterocycles. The highest BCUT2D eigenvalue weighted by molar-refractivity contribution is 5.28. The zero-order valence-electron chi connectivity index (χ0n) is 10.7. The summed E-state index contributed by atoms with van der Waals surface area (Å²) in [4.78, 5) is 0. The third kappa shape index (κ3) is 3.70. The first-order valence-corrected chi connectivity index (χ1v) is 6.43. The van der Waals surface area contributed by atoms with Crippen molar-refractivity contribution in [2.75, 3.05) is 19.8 Å². The van der Waals surface area contributed by atoms with Gasteiger partial charge in [-0.05, 0) is 24.1 Å². The molecule has 1 heterocycles. The summed E-state index contributed by atoms with van der Waals surface area (Å²) >= 11 is 0. The standard InChI is InChI=1S/C14H20O4/c1-2-13(15)11-3-5-12(6-4-11)16-8-7-14-17-9-10-18-14/h3-6,13-15H,2,7-10H2,1H3. The van der Waals surface area contributed by atoms with Gasteiger partial charge in [-0.1, -0.05) is 19.1 Å². The van der Waals surface area contributed by atoms with E-state index in [4.69, 9.17) is 14.2 Å². The largest absolute Gasteiger partial charge is 0.493 e. The van der Waals surface area contributed by atoms with Crippen LogP contribution >= 0.6 is 0 Å². The second kappa shape index (κ2) is 6.73. The minimum atomic E-state index is -0.390. The number of rotatable bonds is 6. The molecule has 0 spiro atoms. The highest BCUT2D eigenvalue weighted by Gasteiger charge is 2.15. The summed E-state index contributed by atoms with van der Waals surface area (Å²) in [6.45, 7) is 3.87. The molecule has 1 atom stereocenters. The minimum absolute atomic E-state index is 0.119. The molecule has 2 rings (SSSR count).